The second-order valence-electron chi connectivity index (χ2n) is 12.9. The Balaban J connectivity index is 1.36. The van der Waals surface area contributed by atoms with Crippen LogP contribution in [0.3, 0.4) is 0 Å². The maximum Gasteiger partial charge on any atom is 0.308 e. The molecule has 2 bridgehead atoms. The first-order chi connectivity index (χ1) is 22.5. The van der Waals surface area contributed by atoms with Crippen molar-refractivity contribution in [3.8, 4) is 28.7 Å². The van der Waals surface area contributed by atoms with Gasteiger partial charge in [-0.2, -0.15) is 0 Å². The summed E-state index contributed by atoms with van der Waals surface area (Å²) in [4.78, 5) is 45.2. The Morgan fingerprint density at radius 3 is 2.34 bits per heavy atom. The number of phenolic OH excluding ortho intramolecular Hbond substituents is 1. The van der Waals surface area contributed by atoms with Gasteiger partial charge in [-0.1, -0.05) is 18.2 Å². The number of benzene rings is 3. The van der Waals surface area contributed by atoms with Crippen molar-refractivity contribution in [2.45, 2.75) is 64.0 Å². The van der Waals surface area contributed by atoms with Crippen molar-refractivity contribution in [2.24, 2.45) is 0 Å². The van der Waals surface area contributed by atoms with E-state index in [2.05, 4.69) is 4.90 Å². The number of carbonyl (C=O) groups is 3. The topological polar surface area (TPSA) is 138 Å². The molecule has 8 rings (SSSR count). The van der Waals surface area contributed by atoms with Crippen LogP contribution in [0.15, 0.2) is 30.3 Å². The van der Waals surface area contributed by atoms with Gasteiger partial charge in [0.05, 0.1) is 36.4 Å². The van der Waals surface area contributed by atoms with Crippen molar-refractivity contribution in [2.75, 3.05) is 27.5 Å². The van der Waals surface area contributed by atoms with Gasteiger partial charge in [0, 0.05) is 41.8 Å². The summed E-state index contributed by atoms with van der Waals surface area (Å²) in [5.74, 6) is 0.221. The molecule has 2 unspecified atom stereocenters. The normalized spacial score (nSPS) is 25.7. The van der Waals surface area contributed by atoms with Gasteiger partial charge in [-0.15, -0.1) is 0 Å². The minimum Gasteiger partial charge on any atom is -0.504 e. The van der Waals surface area contributed by atoms with E-state index in [4.69, 9.17) is 18.9 Å². The fraction of sp³-hybridized carbons (Fsp3) is 0.400. The largest absolute Gasteiger partial charge is 0.504 e. The van der Waals surface area contributed by atoms with Crippen molar-refractivity contribution in [3.63, 3.8) is 0 Å². The fourth-order valence-electron chi connectivity index (χ4n) is 8.68. The van der Waals surface area contributed by atoms with Crippen molar-refractivity contribution >= 4 is 17.8 Å². The molecular formula is C35H35N3O9. The first kappa shape index (κ1) is 29.7. The average molecular weight is 642 g/mol. The molecule has 12 nitrogen and oxygen atoms in total. The third kappa shape index (κ3) is 4.01. The number of imide groups is 1. The summed E-state index contributed by atoms with van der Waals surface area (Å²) in [7, 11) is 3.45. The van der Waals surface area contributed by atoms with Crippen molar-refractivity contribution in [1.29, 1.82) is 0 Å². The first-order valence-corrected chi connectivity index (χ1v) is 15.7. The monoisotopic (exact) mass is 641 g/mol. The molecule has 2 N–H and O–H groups in total. The smallest absolute Gasteiger partial charge is 0.308 e. The van der Waals surface area contributed by atoms with Crippen LogP contribution in [0.5, 0.6) is 28.7 Å². The molecule has 47 heavy (non-hydrogen) atoms. The van der Waals surface area contributed by atoms with Crippen LogP contribution >= 0.6 is 0 Å². The molecule has 0 spiro atoms. The van der Waals surface area contributed by atoms with Crippen molar-refractivity contribution < 1.29 is 43.5 Å². The van der Waals surface area contributed by atoms with Crippen molar-refractivity contribution in [1.82, 2.24) is 14.7 Å². The third-order valence-electron chi connectivity index (χ3n) is 10.6. The van der Waals surface area contributed by atoms with Crippen LogP contribution in [-0.4, -0.2) is 88.5 Å². The molecule has 3 aromatic rings. The Morgan fingerprint density at radius 2 is 1.68 bits per heavy atom. The van der Waals surface area contributed by atoms with Crippen LogP contribution in [0.2, 0.25) is 0 Å². The summed E-state index contributed by atoms with van der Waals surface area (Å²) >= 11 is 0. The molecule has 1 saturated heterocycles. The number of aliphatic hydroxyl groups is 1. The molecule has 12 heteroatoms. The van der Waals surface area contributed by atoms with E-state index >= 15 is 0 Å². The molecule has 0 aromatic heterocycles. The Kier molecular flexibility index (Phi) is 6.60. The van der Waals surface area contributed by atoms with Gasteiger partial charge in [0.15, 0.2) is 23.0 Å². The zero-order chi connectivity index (χ0) is 33.0. The number of piperazine rings is 1. The van der Waals surface area contributed by atoms with E-state index < -0.39 is 42.1 Å². The number of amides is 2. The Morgan fingerprint density at radius 1 is 1.00 bits per heavy atom. The van der Waals surface area contributed by atoms with Gasteiger partial charge < -0.3 is 29.2 Å². The maximum absolute atomic E-state index is 13.7. The van der Waals surface area contributed by atoms with Crippen LogP contribution in [0.1, 0.15) is 73.1 Å². The Bertz CT molecular complexity index is 1870. The highest BCUT2D eigenvalue weighted by Gasteiger charge is 2.57. The number of methoxy groups -OCH3 is 1. The van der Waals surface area contributed by atoms with Crippen LogP contribution in [0.25, 0.3) is 0 Å². The molecule has 244 valence electrons. The molecule has 5 heterocycles. The summed E-state index contributed by atoms with van der Waals surface area (Å²) < 4.78 is 23.5. The van der Waals surface area contributed by atoms with Gasteiger partial charge in [-0.25, -0.2) is 0 Å². The van der Waals surface area contributed by atoms with Crippen LogP contribution in [-0.2, 0) is 17.6 Å². The molecule has 5 aliphatic heterocycles. The van der Waals surface area contributed by atoms with Gasteiger partial charge in [-0.3, -0.25) is 29.1 Å². The van der Waals surface area contributed by atoms with E-state index in [1.165, 1.54) is 18.9 Å². The number of carbonyl (C=O) groups excluding carboxylic acids is 3. The summed E-state index contributed by atoms with van der Waals surface area (Å²) in [5, 5.41) is 24.0. The maximum atomic E-state index is 13.7. The quantitative estimate of drug-likeness (QED) is 0.247. The van der Waals surface area contributed by atoms with Gasteiger partial charge in [0.2, 0.25) is 6.79 Å². The first-order valence-electron chi connectivity index (χ1n) is 15.7. The van der Waals surface area contributed by atoms with Crippen molar-refractivity contribution in [3.05, 3.63) is 74.8 Å². The number of phenols is 1. The lowest BCUT2D eigenvalue weighted by atomic mass is 9.73. The number of rotatable bonds is 4. The number of likely N-dealkylation sites (N-methyl/N-ethyl adjacent to an activating group) is 1. The Labute approximate surface area is 271 Å². The average Bonchev–Trinajstić information content (AvgIpc) is 3.62. The lowest BCUT2D eigenvalue weighted by Gasteiger charge is -2.60. The molecule has 1 fully saturated rings. The summed E-state index contributed by atoms with van der Waals surface area (Å²) in [5.41, 5.74) is 4.88. The highest BCUT2D eigenvalue weighted by Crippen LogP contribution is 2.58. The highest BCUT2D eigenvalue weighted by molar-refractivity contribution is 6.21. The number of aryl methyl sites for hydroxylation is 1. The van der Waals surface area contributed by atoms with Crippen LogP contribution < -0.4 is 18.9 Å². The number of esters is 1. The molecule has 0 saturated carbocycles. The van der Waals surface area contributed by atoms with Gasteiger partial charge in [0.25, 0.3) is 11.8 Å². The number of aromatic hydroxyl groups is 1. The van der Waals surface area contributed by atoms with E-state index in [1.54, 1.807) is 31.2 Å². The zero-order valence-corrected chi connectivity index (χ0v) is 26.7. The molecule has 3 aromatic carbocycles. The number of ether oxygens (including phenoxy) is 4. The highest BCUT2D eigenvalue weighted by atomic mass is 16.7. The predicted octanol–water partition coefficient (Wildman–Crippen LogP) is 3.17. The molecule has 0 aliphatic carbocycles. The summed E-state index contributed by atoms with van der Waals surface area (Å²) in [6.45, 7) is 4.83. The lowest BCUT2D eigenvalue weighted by molar-refractivity contribution is -0.173. The number of aliphatic hydroxyl groups excluding tert-OH is 1. The summed E-state index contributed by atoms with van der Waals surface area (Å²) in [6.07, 6.45) is -0.298. The molecule has 5 atom stereocenters. The number of hydrogen-bond donors (Lipinski definition) is 2. The molecule has 2 amide bonds. The molecule has 5 aliphatic rings. The van der Waals surface area contributed by atoms with Crippen LogP contribution in [0.4, 0.5) is 0 Å². The third-order valence-corrected chi connectivity index (χ3v) is 10.6. The number of hydrogen-bond acceptors (Lipinski definition) is 11. The number of fused-ring (bicyclic) bond motifs is 10. The second kappa shape index (κ2) is 10.4. The van der Waals surface area contributed by atoms with E-state index in [0.717, 1.165) is 11.1 Å². The number of nitrogens with zero attached hydrogens (tertiary/aromatic N) is 3. The van der Waals surface area contributed by atoms with E-state index in [1.807, 2.05) is 24.9 Å². The second-order valence-corrected chi connectivity index (χ2v) is 12.9. The fourth-order valence-corrected chi connectivity index (χ4v) is 8.68. The van der Waals surface area contributed by atoms with E-state index in [9.17, 15) is 24.6 Å². The lowest BCUT2D eigenvalue weighted by Crippen LogP contribution is -2.69. The SMILES string of the molecule is COc1c(C)cc2c(c1O)[C@@H]1C3Cc4c(OC(C)=O)c(C)c5c(c4[C@H](CN4C(=O)c6ccccc6C4=O)N3C(O)[C@H](C2)N1C)OCO5. The molecular weight excluding hydrogens is 606 g/mol. The van der Waals surface area contributed by atoms with E-state index in [-0.39, 0.29) is 25.1 Å². The minimum absolute atomic E-state index is 0.0407. The van der Waals surface area contributed by atoms with Gasteiger partial charge in [0.1, 0.15) is 12.0 Å². The predicted molar refractivity (Wildman–Crippen MR) is 166 cm³/mol. The molecule has 0 radical (unpaired) electrons. The van der Waals surface area contributed by atoms with Crippen LogP contribution in [0, 0.1) is 13.8 Å². The standard InChI is InChI=1S/C35H35N3O9/c1-15-10-18-11-23-35(43)38-22(27(36(23)4)25(18)28(40)29(15)44-5)12-21-26(32-31(45-14-46-32)16(2)30(21)47-17(3)39)24(38)13-37-33(41)19-8-6-7-9-20(19)34(37)42/h6-10,22-24,27,35,40,43H,11-14H2,1-5H3/t22?,23-,24-,27-,35?/m0/s1. The van der Waals surface area contributed by atoms with E-state index in [0.29, 0.717) is 69.2 Å². The Hall–Kier alpha value is -4.65. The zero-order valence-electron chi connectivity index (χ0n) is 26.7. The minimum atomic E-state index is -1.04. The van der Waals surface area contributed by atoms with Gasteiger partial charge in [-0.05, 0) is 57.0 Å². The van der Waals surface area contributed by atoms with Gasteiger partial charge >= 0.3 is 5.97 Å². The summed E-state index contributed by atoms with van der Waals surface area (Å²) in [6, 6.07) is 6.62.